The molecule has 0 unspecified atom stereocenters. The summed E-state index contributed by atoms with van der Waals surface area (Å²) in [7, 11) is 0. The van der Waals surface area contributed by atoms with Gasteiger partial charge in [0.1, 0.15) is 4.32 Å². The molecule has 1 amide bonds. The number of aliphatic carboxylic acids is 1. The van der Waals surface area contributed by atoms with Crippen LogP contribution in [0.25, 0.3) is 6.08 Å². The normalized spacial score (nSPS) is 16.8. The summed E-state index contributed by atoms with van der Waals surface area (Å²) >= 11 is 11.8. The molecule has 0 saturated carbocycles. The standard InChI is InChI=1S/C15H11ClF3NO3S2/c16-12-8(3-1-4-9(12)15(17,18)19)7-10-13(23)20(14(24)25-10)6-2-5-11(21)22/h1,3-4,7H,2,5-6H2,(H,21,22). The second-order valence-electron chi connectivity index (χ2n) is 5.04. The molecule has 1 aliphatic heterocycles. The first-order valence-electron chi connectivity index (χ1n) is 6.94. The Balaban J connectivity index is 2.24. The van der Waals surface area contributed by atoms with Crippen LogP contribution in [0.5, 0.6) is 0 Å². The van der Waals surface area contributed by atoms with Gasteiger partial charge in [0.05, 0.1) is 15.5 Å². The number of carbonyl (C=O) groups excluding carboxylic acids is 1. The van der Waals surface area contributed by atoms with Gasteiger partial charge in [-0.15, -0.1) is 0 Å². The molecule has 0 aliphatic carbocycles. The summed E-state index contributed by atoms with van der Waals surface area (Å²) in [6, 6.07) is 3.43. The molecule has 2 rings (SSSR count). The quantitative estimate of drug-likeness (QED) is 0.576. The highest BCUT2D eigenvalue weighted by Gasteiger charge is 2.35. The Labute approximate surface area is 155 Å². The number of thioether (sulfide) groups is 1. The lowest BCUT2D eigenvalue weighted by Gasteiger charge is -2.13. The van der Waals surface area contributed by atoms with Gasteiger partial charge in [0.15, 0.2) is 0 Å². The summed E-state index contributed by atoms with van der Waals surface area (Å²) < 4.78 is 38.9. The van der Waals surface area contributed by atoms with Gasteiger partial charge in [0.2, 0.25) is 0 Å². The minimum Gasteiger partial charge on any atom is -0.481 e. The highest BCUT2D eigenvalue weighted by molar-refractivity contribution is 8.26. The topological polar surface area (TPSA) is 57.6 Å². The predicted octanol–water partition coefficient (Wildman–Crippen LogP) is 4.42. The first kappa shape index (κ1) is 19.7. The lowest BCUT2D eigenvalue weighted by Crippen LogP contribution is -2.29. The Morgan fingerprint density at radius 2 is 2.08 bits per heavy atom. The molecule has 25 heavy (non-hydrogen) atoms. The number of amides is 1. The second kappa shape index (κ2) is 7.76. The number of rotatable bonds is 5. The molecule has 1 N–H and O–H groups in total. The van der Waals surface area contributed by atoms with Crippen molar-refractivity contribution in [1.29, 1.82) is 0 Å². The SMILES string of the molecule is O=C(O)CCCN1C(=O)C(=Cc2cccc(C(F)(F)F)c2Cl)SC1=S. The van der Waals surface area contributed by atoms with Crippen molar-refractivity contribution >= 4 is 57.9 Å². The number of hydrogen-bond acceptors (Lipinski definition) is 4. The maximum Gasteiger partial charge on any atom is 0.417 e. The zero-order valence-electron chi connectivity index (χ0n) is 12.5. The van der Waals surface area contributed by atoms with Gasteiger partial charge in [-0.3, -0.25) is 14.5 Å². The lowest BCUT2D eigenvalue weighted by atomic mass is 10.1. The molecule has 0 spiro atoms. The van der Waals surface area contributed by atoms with Crippen molar-refractivity contribution in [2.45, 2.75) is 19.0 Å². The van der Waals surface area contributed by atoms with E-state index in [1.807, 2.05) is 0 Å². The minimum atomic E-state index is -4.60. The van der Waals surface area contributed by atoms with E-state index in [1.165, 1.54) is 23.1 Å². The van der Waals surface area contributed by atoms with E-state index >= 15 is 0 Å². The molecule has 0 bridgehead atoms. The fourth-order valence-electron chi connectivity index (χ4n) is 2.10. The summed E-state index contributed by atoms with van der Waals surface area (Å²) in [4.78, 5) is 24.2. The first-order chi connectivity index (χ1) is 11.6. The van der Waals surface area contributed by atoms with Crippen molar-refractivity contribution < 1.29 is 27.9 Å². The van der Waals surface area contributed by atoms with Crippen LogP contribution in [0.4, 0.5) is 13.2 Å². The van der Waals surface area contributed by atoms with Crippen molar-refractivity contribution in [3.05, 3.63) is 39.3 Å². The molecule has 134 valence electrons. The fourth-order valence-corrected chi connectivity index (χ4v) is 3.69. The van der Waals surface area contributed by atoms with E-state index in [2.05, 4.69) is 0 Å². The molecule has 0 radical (unpaired) electrons. The zero-order chi connectivity index (χ0) is 18.8. The van der Waals surface area contributed by atoms with Gasteiger partial charge in [-0.05, 0) is 24.1 Å². The lowest BCUT2D eigenvalue weighted by molar-refractivity contribution is -0.138. The molecule has 1 saturated heterocycles. The number of hydrogen-bond donors (Lipinski definition) is 1. The van der Waals surface area contributed by atoms with Gasteiger partial charge < -0.3 is 5.11 Å². The number of thiocarbonyl (C=S) groups is 1. The van der Waals surface area contributed by atoms with Crippen molar-refractivity contribution in [2.24, 2.45) is 0 Å². The van der Waals surface area contributed by atoms with E-state index in [0.717, 1.165) is 17.8 Å². The zero-order valence-corrected chi connectivity index (χ0v) is 14.9. The number of benzene rings is 1. The minimum absolute atomic E-state index is 0.0579. The number of carboxylic acids is 1. The Bertz CT molecular complexity index is 765. The van der Waals surface area contributed by atoms with Gasteiger partial charge in [-0.1, -0.05) is 47.7 Å². The third kappa shape index (κ3) is 4.74. The summed E-state index contributed by atoms with van der Waals surface area (Å²) in [5.74, 6) is -1.47. The van der Waals surface area contributed by atoms with E-state index in [4.69, 9.17) is 28.9 Å². The van der Waals surface area contributed by atoms with Crippen molar-refractivity contribution in [3.63, 3.8) is 0 Å². The Morgan fingerprint density at radius 3 is 2.68 bits per heavy atom. The molecular formula is C15H11ClF3NO3S2. The van der Waals surface area contributed by atoms with Crippen molar-refractivity contribution in [3.8, 4) is 0 Å². The number of halogens is 4. The van der Waals surface area contributed by atoms with Gasteiger partial charge in [0.25, 0.3) is 5.91 Å². The monoisotopic (exact) mass is 409 g/mol. The van der Waals surface area contributed by atoms with Crippen LogP contribution in [0.15, 0.2) is 23.1 Å². The second-order valence-corrected chi connectivity index (χ2v) is 7.09. The van der Waals surface area contributed by atoms with E-state index in [9.17, 15) is 22.8 Å². The molecular weight excluding hydrogens is 399 g/mol. The summed E-state index contributed by atoms with van der Waals surface area (Å²) in [6.45, 7) is 0.130. The van der Waals surface area contributed by atoms with E-state index in [1.54, 1.807) is 0 Å². The molecule has 1 aliphatic rings. The van der Waals surface area contributed by atoms with Crippen LogP contribution < -0.4 is 0 Å². The van der Waals surface area contributed by atoms with E-state index < -0.39 is 28.6 Å². The maximum atomic E-state index is 12.9. The van der Waals surface area contributed by atoms with Gasteiger partial charge in [-0.25, -0.2) is 0 Å². The van der Waals surface area contributed by atoms with Crippen LogP contribution in [-0.2, 0) is 15.8 Å². The highest BCUT2D eigenvalue weighted by Crippen LogP contribution is 2.39. The van der Waals surface area contributed by atoms with E-state index in [0.29, 0.717) is 0 Å². The van der Waals surface area contributed by atoms with Gasteiger partial charge >= 0.3 is 12.1 Å². The number of nitrogens with zero attached hydrogens (tertiary/aromatic N) is 1. The highest BCUT2D eigenvalue weighted by atomic mass is 35.5. The molecule has 0 atom stereocenters. The number of carboxylic acid groups (broad SMARTS) is 1. The fraction of sp³-hybridized carbons (Fsp3) is 0.267. The third-order valence-electron chi connectivity index (χ3n) is 3.27. The maximum absolute atomic E-state index is 12.9. The Morgan fingerprint density at radius 1 is 1.40 bits per heavy atom. The van der Waals surface area contributed by atoms with Crippen LogP contribution in [-0.4, -0.2) is 32.7 Å². The molecule has 4 nitrogen and oxygen atoms in total. The smallest absolute Gasteiger partial charge is 0.417 e. The van der Waals surface area contributed by atoms with Crippen molar-refractivity contribution in [2.75, 3.05) is 6.54 Å². The Hall–Kier alpha value is -1.58. The van der Waals surface area contributed by atoms with Crippen molar-refractivity contribution in [1.82, 2.24) is 4.90 Å². The third-order valence-corrected chi connectivity index (χ3v) is 5.07. The largest absolute Gasteiger partial charge is 0.481 e. The summed E-state index contributed by atoms with van der Waals surface area (Å²) in [5, 5.41) is 8.13. The van der Waals surface area contributed by atoms with Crippen LogP contribution in [0, 0.1) is 0 Å². The molecule has 10 heteroatoms. The Kier molecular flexibility index (Phi) is 6.12. The molecule has 1 aromatic carbocycles. The van der Waals surface area contributed by atoms with Gasteiger partial charge in [0, 0.05) is 13.0 Å². The summed E-state index contributed by atoms with van der Waals surface area (Å²) in [6.07, 6.45) is -3.24. The van der Waals surface area contributed by atoms with Crippen LogP contribution >= 0.6 is 35.6 Å². The van der Waals surface area contributed by atoms with Gasteiger partial charge in [-0.2, -0.15) is 13.2 Å². The average Bonchev–Trinajstić information content (AvgIpc) is 2.75. The number of carbonyl (C=O) groups is 2. The molecule has 0 aromatic heterocycles. The number of alkyl halides is 3. The average molecular weight is 410 g/mol. The van der Waals surface area contributed by atoms with Crippen LogP contribution in [0.1, 0.15) is 24.0 Å². The molecule has 1 aromatic rings. The van der Waals surface area contributed by atoms with Crippen LogP contribution in [0.3, 0.4) is 0 Å². The predicted molar refractivity (Wildman–Crippen MR) is 93.2 cm³/mol. The summed E-state index contributed by atoms with van der Waals surface area (Å²) in [5.41, 5.74) is -0.928. The van der Waals surface area contributed by atoms with E-state index in [-0.39, 0.29) is 34.2 Å². The first-order valence-corrected chi connectivity index (χ1v) is 8.54. The molecule has 1 fully saturated rings. The van der Waals surface area contributed by atoms with Crippen LogP contribution in [0.2, 0.25) is 5.02 Å². The molecule has 1 heterocycles.